The topological polar surface area (TPSA) is 60.4 Å². The number of ketones is 2. The first kappa shape index (κ1) is 18.8. The van der Waals surface area contributed by atoms with Gasteiger partial charge in [0, 0.05) is 0 Å². The number of carbonyl (C=O) groups is 3. The molecule has 4 heteroatoms. The molecule has 0 aromatic heterocycles. The highest BCUT2D eigenvalue weighted by Crippen LogP contribution is 2.09. The Hall–Kier alpha value is -1.19. The zero-order chi connectivity index (χ0) is 15.4. The smallest absolute Gasteiger partial charge is 0.324 e. The maximum absolute atomic E-state index is 11.6. The van der Waals surface area contributed by atoms with Gasteiger partial charge in [-0.1, -0.05) is 51.9 Å². The Morgan fingerprint density at radius 3 is 1.70 bits per heavy atom. The Bertz CT molecular complexity index is 296. The molecule has 0 aliphatic heterocycles. The molecule has 0 amide bonds. The monoisotopic (exact) mass is 284 g/mol. The Morgan fingerprint density at radius 2 is 1.25 bits per heavy atom. The van der Waals surface area contributed by atoms with Crippen LogP contribution in [0.25, 0.3) is 0 Å². The highest BCUT2D eigenvalue weighted by molar-refractivity contribution is 6.15. The number of hydrogen-bond donors (Lipinski definition) is 0. The van der Waals surface area contributed by atoms with Gasteiger partial charge in [0.15, 0.2) is 17.5 Å². The van der Waals surface area contributed by atoms with Crippen molar-refractivity contribution in [3.63, 3.8) is 0 Å². The molecule has 0 aromatic carbocycles. The second-order valence-electron chi connectivity index (χ2n) is 5.30. The molecule has 0 aliphatic rings. The fourth-order valence-corrected chi connectivity index (χ4v) is 2.11. The van der Waals surface area contributed by atoms with E-state index in [1.165, 1.54) is 46.0 Å². The van der Waals surface area contributed by atoms with Crippen molar-refractivity contribution in [2.45, 2.75) is 72.1 Å². The van der Waals surface area contributed by atoms with Crippen molar-refractivity contribution in [2.75, 3.05) is 6.61 Å². The maximum atomic E-state index is 11.6. The zero-order valence-electron chi connectivity index (χ0n) is 13.1. The number of rotatable bonds is 12. The van der Waals surface area contributed by atoms with E-state index < -0.39 is 23.5 Å². The molecule has 0 bridgehead atoms. The van der Waals surface area contributed by atoms with Crippen LogP contribution in [0, 0.1) is 5.92 Å². The molecule has 4 nitrogen and oxygen atoms in total. The van der Waals surface area contributed by atoms with Gasteiger partial charge in [0.25, 0.3) is 0 Å². The van der Waals surface area contributed by atoms with Crippen LogP contribution < -0.4 is 0 Å². The van der Waals surface area contributed by atoms with Crippen molar-refractivity contribution in [1.82, 2.24) is 0 Å². The van der Waals surface area contributed by atoms with E-state index in [1.807, 2.05) is 0 Å². The third kappa shape index (κ3) is 8.83. The third-order valence-electron chi connectivity index (χ3n) is 3.29. The van der Waals surface area contributed by atoms with Crippen LogP contribution in [0.5, 0.6) is 0 Å². The summed E-state index contributed by atoms with van der Waals surface area (Å²) in [7, 11) is 0. The lowest BCUT2D eigenvalue weighted by molar-refractivity contribution is -0.154. The van der Waals surface area contributed by atoms with E-state index in [9.17, 15) is 14.4 Å². The summed E-state index contributed by atoms with van der Waals surface area (Å²) >= 11 is 0. The Morgan fingerprint density at radius 1 is 0.800 bits per heavy atom. The second kappa shape index (κ2) is 11.6. The fourth-order valence-electron chi connectivity index (χ4n) is 2.11. The van der Waals surface area contributed by atoms with E-state index in [0.717, 1.165) is 19.3 Å². The van der Waals surface area contributed by atoms with Crippen LogP contribution in [0.2, 0.25) is 0 Å². The van der Waals surface area contributed by atoms with E-state index >= 15 is 0 Å². The van der Waals surface area contributed by atoms with Gasteiger partial charge in [0.1, 0.15) is 0 Å². The van der Waals surface area contributed by atoms with E-state index in [4.69, 9.17) is 4.74 Å². The van der Waals surface area contributed by atoms with Crippen molar-refractivity contribution in [2.24, 2.45) is 5.92 Å². The highest BCUT2D eigenvalue weighted by Gasteiger charge is 2.29. The van der Waals surface area contributed by atoms with E-state index in [-0.39, 0.29) is 0 Å². The molecule has 0 aromatic rings. The molecule has 0 atom stereocenters. The third-order valence-corrected chi connectivity index (χ3v) is 3.29. The standard InChI is InChI=1S/C16H28O4/c1-4-5-6-7-8-9-10-11-12-20-16(19)15(13(2)17)14(3)18/h15H,4-12H2,1-3H3. The lowest BCUT2D eigenvalue weighted by atomic mass is 10.0. The van der Waals surface area contributed by atoms with Crippen LogP contribution >= 0.6 is 0 Å². The molecule has 0 aliphatic carbocycles. The quantitative estimate of drug-likeness (QED) is 0.313. The SMILES string of the molecule is CCCCCCCCCCOC(=O)C(C(C)=O)C(C)=O. The Kier molecular flexibility index (Phi) is 10.9. The van der Waals surface area contributed by atoms with Crippen LogP contribution in [0.15, 0.2) is 0 Å². The number of esters is 1. The van der Waals surface area contributed by atoms with E-state index in [0.29, 0.717) is 6.61 Å². The summed E-state index contributed by atoms with van der Waals surface area (Å²) in [5.41, 5.74) is 0. The van der Waals surface area contributed by atoms with E-state index in [1.54, 1.807) is 0 Å². The van der Waals surface area contributed by atoms with Crippen molar-refractivity contribution >= 4 is 17.5 Å². The van der Waals surface area contributed by atoms with Crippen LogP contribution in [0.4, 0.5) is 0 Å². The van der Waals surface area contributed by atoms with Crippen LogP contribution in [0.1, 0.15) is 72.1 Å². The van der Waals surface area contributed by atoms with Crippen LogP contribution in [-0.4, -0.2) is 24.1 Å². The van der Waals surface area contributed by atoms with Gasteiger partial charge in [0.05, 0.1) is 6.61 Å². The molecule has 0 N–H and O–H groups in total. The zero-order valence-corrected chi connectivity index (χ0v) is 13.1. The molecule has 20 heavy (non-hydrogen) atoms. The summed E-state index contributed by atoms with van der Waals surface area (Å²) in [4.78, 5) is 33.9. The van der Waals surface area contributed by atoms with Gasteiger partial charge in [-0.05, 0) is 20.3 Å². The first-order valence-electron chi connectivity index (χ1n) is 7.68. The summed E-state index contributed by atoms with van der Waals surface area (Å²) in [6.07, 6.45) is 9.29. The van der Waals surface area contributed by atoms with Crippen molar-refractivity contribution in [3.8, 4) is 0 Å². The summed E-state index contributed by atoms with van der Waals surface area (Å²) in [5, 5.41) is 0. The summed E-state index contributed by atoms with van der Waals surface area (Å²) in [5.74, 6) is -2.83. The number of Topliss-reactive ketones (excluding diaryl/α,β-unsaturated/α-hetero) is 2. The molecule has 0 rings (SSSR count). The second-order valence-corrected chi connectivity index (χ2v) is 5.30. The van der Waals surface area contributed by atoms with Gasteiger partial charge in [-0.3, -0.25) is 14.4 Å². The van der Waals surface area contributed by atoms with Gasteiger partial charge in [-0.15, -0.1) is 0 Å². The molecule has 116 valence electrons. The number of hydrogen-bond acceptors (Lipinski definition) is 4. The molecular weight excluding hydrogens is 256 g/mol. The largest absolute Gasteiger partial charge is 0.465 e. The predicted octanol–water partition coefficient (Wildman–Crippen LogP) is 3.46. The molecule has 0 saturated carbocycles. The average Bonchev–Trinajstić information content (AvgIpc) is 2.36. The van der Waals surface area contributed by atoms with Gasteiger partial charge in [-0.2, -0.15) is 0 Å². The van der Waals surface area contributed by atoms with Crippen LogP contribution in [-0.2, 0) is 19.1 Å². The summed E-state index contributed by atoms with van der Waals surface area (Å²) in [6.45, 7) is 4.97. The molecule has 0 fully saturated rings. The van der Waals surface area contributed by atoms with E-state index in [2.05, 4.69) is 6.92 Å². The fraction of sp³-hybridized carbons (Fsp3) is 0.812. The minimum atomic E-state index is -1.23. The lowest BCUT2D eigenvalue weighted by Crippen LogP contribution is -2.30. The molecule has 0 radical (unpaired) electrons. The number of carbonyl (C=O) groups excluding carboxylic acids is 3. The van der Waals surface area contributed by atoms with Gasteiger partial charge in [-0.25, -0.2) is 0 Å². The summed E-state index contributed by atoms with van der Waals surface area (Å²) in [6, 6.07) is 0. The van der Waals surface area contributed by atoms with Crippen molar-refractivity contribution < 1.29 is 19.1 Å². The Labute approximate surface area is 122 Å². The molecule has 0 spiro atoms. The first-order valence-corrected chi connectivity index (χ1v) is 7.68. The van der Waals surface area contributed by atoms with Gasteiger partial charge >= 0.3 is 5.97 Å². The minimum absolute atomic E-state index is 0.296. The normalized spacial score (nSPS) is 10.6. The maximum Gasteiger partial charge on any atom is 0.324 e. The molecule has 0 unspecified atom stereocenters. The Balaban J connectivity index is 3.61. The molecule has 0 saturated heterocycles. The van der Waals surface area contributed by atoms with Crippen molar-refractivity contribution in [1.29, 1.82) is 0 Å². The minimum Gasteiger partial charge on any atom is -0.465 e. The summed E-state index contributed by atoms with van der Waals surface area (Å²) < 4.78 is 4.99. The van der Waals surface area contributed by atoms with Crippen molar-refractivity contribution in [3.05, 3.63) is 0 Å². The molecular formula is C16H28O4. The van der Waals surface area contributed by atoms with Crippen LogP contribution in [0.3, 0.4) is 0 Å². The lowest BCUT2D eigenvalue weighted by Gasteiger charge is -2.10. The average molecular weight is 284 g/mol. The van der Waals surface area contributed by atoms with Gasteiger partial charge < -0.3 is 4.74 Å². The number of unbranched alkanes of at least 4 members (excludes halogenated alkanes) is 7. The highest BCUT2D eigenvalue weighted by atomic mass is 16.5. The predicted molar refractivity (Wildman–Crippen MR) is 78.4 cm³/mol. The molecule has 0 heterocycles. The number of ether oxygens (including phenoxy) is 1. The first-order chi connectivity index (χ1) is 9.50. The van der Waals surface area contributed by atoms with Gasteiger partial charge in [0.2, 0.25) is 0 Å².